The fraction of sp³-hybridized carbons (Fsp3) is 0.667. The molecule has 0 aromatic carbocycles. The quantitative estimate of drug-likeness (QED) is 0.854. The normalized spacial score (nSPS) is 12.4. The largest absolute Gasteiger partial charge is 0.329 e. The highest BCUT2D eigenvalue weighted by atomic mass is 32.1. The highest BCUT2D eigenvalue weighted by Gasteiger charge is 2.16. The van der Waals surface area contributed by atoms with Crippen molar-refractivity contribution in [3.05, 3.63) is 21.9 Å². The van der Waals surface area contributed by atoms with Crippen LogP contribution in [0.4, 0.5) is 0 Å². The number of hydrogen-bond donors (Lipinski definition) is 1. The van der Waals surface area contributed by atoms with Crippen LogP contribution < -0.4 is 5.73 Å². The van der Waals surface area contributed by atoms with Crippen molar-refractivity contribution in [2.75, 3.05) is 20.1 Å². The third kappa shape index (κ3) is 3.93. The van der Waals surface area contributed by atoms with Crippen LogP contribution in [0.5, 0.6) is 0 Å². The Morgan fingerprint density at radius 2 is 2.00 bits per heavy atom. The molecule has 86 valence electrons. The van der Waals surface area contributed by atoms with Crippen LogP contribution in [0.2, 0.25) is 0 Å². The summed E-state index contributed by atoms with van der Waals surface area (Å²) in [5.74, 6) is 0. The summed E-state index contributed by atoms with van der Waals surface area (Å²) in [6.07, 6.45) is 0. The van der Waals surface area contributed by atoms with Crippen molar-refractivity contribution >= 4 is 11.3 Å². The Morgan fingerprint density at radius 1 is 1.33 bits per heavy atom. The third-order valence-corrected chi connectivity index (χ3v) is 3.83. The lowest BCUT2D eigenvalue weighted by Gasteiger charge is -2.16. The molecule has 0 atom stereocenters. The van der Waals surface area contributed by atoms with Crippen LogP contribution in [0, 0.1) is 0 Å². The van der Waals surface area contributed by atoms with E-state index in [2.05, 4.69) is 44.9 Å². The minimum absolute atomic E-state index is 0.273. The van der Waals surface area contributed by atoms with Gasteiger partial charge in [-0.25, -0.2) is 0 Å². The summed E-state index contributed by atoms with van der Waals surface area (Å²) in [6, 6.07) is 4.48. The van der Waals surface area contributed by atoms with Crippen molar-refractivity contribution in [1.82, 2.24) is 4.90 Å². The van der Waals surface area contributed by atoms with E-state index in [9.17, 15) is 0 Å². The fourth-order valence-electron chi connectivity index (χ4n) is 1.43. The second-order valence-corrected chi connectivity index (χ2v) is 6.21. The van der Waals surface area contributed by atoms with Gasteiger partial charge in [-0.3, -0.25) is 0 Å². The molecule has 0 fully saturated rings. The number of rotatable bonds is 4. The smallest absolute Gasteiger partial charge is 0.0325 e. The second-order valence-electron chi connectivity index (χ2n) is 5.04. The number of nitrogens with two attached hydrogens (primary N) is 1. The number of nitrogens with zero attached hydrogens (tertiary/aromatic N) is 1. The SMILES string of the molecule is CN(CCN)Cc1ccc(C(C)(C)C)s1. The molecule has 1 heterocycles. The first kappa shape index (κ1) is 12.7. The molecule has 0 unspecified atom stereocenters. The lowest BCUT2D eigenvalue weighted by Crippen LogP contribution is -2.24. The first-order valence-electron chi connectivity index (χ1n) is 5.41. The van der Waals surface area contributed by atoms with E-state index >= 15 is 0 Å². The first-order valence-corrected chi connectivity index (χ1v) is 6.23. The summed E-state index contributed by atoms with van der Waals surface area (Å²) in [7, 11) is 2.11. The van der Waals surface area contributed by atoms with E-state index < -0.39 is 0 Å². The van der Waals surface area contributed by atoms with Gasteiger partial charge in [0.05, 0.1) is 0 Å². The van der Waals surface area contributed by atoms with Crippen LogP contribution in [-0.4, -0.2) is 25.0 Å². The monoisotopic (exact) mass is 226 g/mol. The molecule has 1 rings (SSSR count). The molecule has 2 nitrogen and oxygen atoms in total. The zero-order valence-corrected chi connectivity index (χ0v) is 11.0. The molecule has 0 spiro atoms. The van der Waals surface area contributed by atoms with Gasteiger partial charge >= 0.3 is 0 Å². The molecule has 0 saturated heterocycles. The summed E-state index contributed by atoms with van der Waals surface area (Å²) >= 11 is 1.91. The molecule has 1 aromatic rings. The zero-order chi connectivity index (χ0) is 11.5. The summed E-state index contributed by atoms with van der Waals surface area (Å²) < 4.78 is 0. The standard InChI is InChI=1S/C12H22N2S/c1-12(2,3)11-6-5-10(15-11)9-14(4)8-7-13/h5-6H,7-9,13H2,1-4H3. The Kier molecular flexibility index (Phi) is 4.32. The summed E-state index contributed by atoms with van der Waals surface area (Å²) in [6.45, 7) is 9.47. The van der Waals surface area contributed by atoms with Crippen molar-refractivity contribution in [2.45, 2.75) is 32.7 Å². The molecular formula is C12H22N2S. The first-order chi connectivity index (χ1) is 6.93. The molecule has 0 radical (unpaired) electrons. The number of hydrogen-bond acceptors (Lipinski definition) is 3. The highest BCUT2D eigenvalue weighted by molar-refractivity contribution is 7.12. The van der Waals surface area contributed by atoms with Crippen molar-refractivity contribution in [2.24, 2.45) is 5.73 Å². The van der Waals surface area contributed by atoms with E-state index in [4.69, 9.17) is 5.73 Å². The van der Waals surface area contributed by atoms with E-state index in [1.165, 1.54) is 9.75 Å². The van der Waals surface area contributed by atoms with Gasteiger partial charge in [0.2, 0.25) is 0 Å². The maximum absolute atomic E-state index is 5.52. The molecule has 0 aliphatic rings. The van der Waals surface area contributed by atoms with E-state index in [0.29, 0.717) is 0 Å². The Hall–Kier alpha value is -0.380. The predicted molar refractivity (Wildman–Crippen MR) is 68.4 cm³/mol. The molecule has 15 heavy (non-hydrogen) atoms. The summed E-state index contributed by atoms with van der Waals surface area (Å²) in [4.78, 5) is 5.15. The minimum Gasteiger partial charge on any atom is -0.329 e. The van der Waals surface area contributed by atoms with Gasteiger partial charge in [0.1, 0.15) is 0 Å². The topological polar surface area (TPSA) is 29.3 Å². The lowest BCUT2D eigenvalue weighted by molar-refractivity contribution is 0.339. The van der Waals surface area contributed by atoms with Crippen LogP contribution in [-0.2, 0) is 12.0 Å². The van der Waals surface area contributed by atoms with Crippen molar-refractivity contribution in [1.29, 1.82) is 0 Å². The zero-order valence-electron chi connectivity index (χ0n) is 10.2. The second kappa shape index (κ2) is 5.10. The fourth-order valence-corrected chi connectivity index (χ4v) is 2.58. The van der Waals surface area contributed by atoms with Crippen LogP contribution in [0.3, 0.4) is 0 Å². The molecule has 1 aromatic heterocycles. The van der Waals surface area contributed by atoms with Gasteiger partial charge in [-0.2, -0.15) is 0 Å². The van der Waals surface area contributed by atoms with Crippen molar-refractivity contribution in [3.8, 4) is 0 Å². The molecular weight excluding hydrogens is 204 g/mol. The van der Waals surface area contributed by atoms with Gasteiger partial charge in [0.15, 0.2) is 0 Å². The van der Waals surface area contributed by atoms with Crippen molar-refractivity contribution in [3.63, 3.8) is 0 Å². The maximum Gasteiger partial charge on any atom is 0.0325 e. The van der Waals surface area contributed by atoms with Gasteiger partial charge in [-0.05, 0) is 24.6 Å². The van der Waals surface area contributed by atoms with Crippen LogP contribution >= 0.6 is 11.3 Å². The molecule has 0 amide bonds. The Balaban J connectivity index is 2.61. The van der Waals surface area contributed by atoms with Gasteiger partial charge in [0.25, 0.3) is 0 Å². The predicted octanol–water partition coefficient (Wildman–Crippen LogP) is 2.44. The maximum atomic E-state index is 5.52. The summed E-state index contributed by atoms with van der Waals surface area (Å²) in [5, 5.41) is 0. The lowest BCUT2D eigenvalue weighted by atomic mass is 9.95. The van der Waals surface area contributed by atoms with Gasteiger partial charge in [0, 0.05) is 29.4 Å². The number of likely N-dealkylation sites (N-methyl/N-ethyl adjacent to an activating group) is 1. The Labute approximate surface area is 97.1 Å². The molecule has 0 aliphatic carbocycles. The molecule has 0 aliphatic heterocycles. The van der Waals surface area contributed by atoms with E-state index in [1.54, 1.807) is 0 Å². The van der Waals surface area contributed by atoms with Gasteiger partial charge < -0.3 is 10.6 Å². The summed E-state index contributed by atoms with van der Waals surface area (Å²) in [5.41, 5.74) is 5.79. The average molecular weight is 226 g/mol. The van der Waals surface area contributed by atoms with E-state index in [-0.39, 0.29) is 5.41 Å². The molecule has 3 heteroatoms. The minimum atomic E-state index is 0.273. The van der Waals surface area contributed by atoms with E-state index in [1.807, 2.05) is 11.3 Å². The van der Waals surface area contributed by atoms with Gasteiger partial charge in [-0.1, -0.05) is 20.8 Å². The van der Waals surface area contributed by atoms with Crippen LogP contribution in [0.15, 0.2) is 12.1 Å². The van der Waals surface area contributed by atoms with Gasteiger partial charge in [-0.15, -0.1) is 11.3 Å². The van der Waals surface area contributed by atoms with Crippen LogP contribution in [0.25, 0.3) is 0 Å². The molecule has 0 bridgehead atoms. The highest BCUT2D eigenvalue weighted by Crippen LogP contribution is 2.29. The van der Waals surface area contributed by atoms with E-state index in [0.717, 1.165) is 19.6 Å². The molecule has 2 N–H and O–H groups in total. The molecule has 0 saturated carbocycles. The van der Waals surface area contributed by atoms with Crippen molar-refractivity contribution < 1.29 is 0 Å². The van der Waals surface area contributed by atoms with Crippen LogP contribution in [0.1, 0.15) is 30.5 Å². The third-order valence-electron chi connectivity index (χ3n) is 2.34. The Bertz CT molecular complexity index is 299. The number of thiophene rings is 1. The average Bonchev–Trinajstić information content (AvgIpc) is 2.52. The Morgan fingerprint density at radius 3 is 2.47 bits per heavy atom.